The number of hydrogen-bond acceptors (Lipinski definition) is 0. The molecule has 18 heavy (non-hydrogen) atoms. The molecule has 0 aliphatic carbocycles. The van der Waals surface area contributed by atoms with Gasteiger partial charge in [-0.15, -0.1) is 0 Å². The highest BCUT2D eigenvalue weighted by molar-refractivity contribution is 5.44. The quantitative estimate of drug-likeness (QED) is 0.491. The largest absolute Gasteiger partial charge is 0.0991 e. The van der Waals surface area contributed by atoms with Crippen LogP contribution >= 0.6 is 0 Å². The first-order valence-electron chi connectivity index (χ1n) is 6.60. The standard InChI is InChI=1S/C14H18.2C2H6/c1-6-8-9-13(4)14(5)11-10-12(3)7-2;2*1-2/h6-11H,1,4-5H2,2-3H3;2*1-2H3/b9-8-,11-10-,12-7-;;. The van der Waals surface area contributed by atoms with Crippen LogP contribution in [0.25, 0.3) is 0 Å². The third kappa shape index (κ3) is 14.4. The Morgan fingerprint density at radius 2 is 1.28 bits per heavy atom. The molecule has 0 radical (unpaired) electrons. The highest BCUT2D eigenvalue weighted by Gasteiger charge is 1.89. The Kier molecular flexibility index (Phi) is 21.5. The van der Waals surface area contributed by atoms with Crippen LogP contribution in [-0.2, 0) is 0 Å². The van der Waals surface area contributed by atoms with Crippen LogP contribution in [-0.4, -0.2) is 0 Å². The molecule has 0 atom stereocenters. The lowest BCUT2D eigenvalue weighted by Gasteiger charge is -1.97. The van der Waals surface area contributed by atoms with E-state index in [9.17, 15) is 0 Å². The van der Waals surface area contributed by atoms with Crippen LogP contribution in [0.5, 0.6) is 0 Å². The Balaban J connectivity index is -0.000000506. The SMILES string of the molecule is C=C/C=C\C(=C)C(=C)/C=C\C(C)=C/C.CC.CC. The number of rotatable bonds is 5. The summed E-state index contributed by atoms with van der Waals surface area (Å²) in [6, 6.07) is 0. The summed E-state index contributed by atoms with van der Waals surface area (Å²) in [5.74, 6) is 0. The Morgan fingerprint density at radius 1 is 0.833 bits per heavy atom. The lowest BCUT2D eigenvalue weighted by molar-refractivity contribution is 1.46. The van der Waals surface area contributed by atoms with E-state index in [1.54, 1.807) is 6.08 Å². The van der Waals surface area contributed by atoms with E-state index in [4.69, 9.17) is 0 Å². The van der Waals surface area contributed by atoms with Crippen LogP contribution < -0.4 is 0 Å². The van der Waals surface area contributed by atoms with Crippen molar-refractivity contribution >= 4 is 0 Å². The van der Waals surface area contributed by atoms with E-state index in [-0.39, 0.29) is 0 Å². The molecule has 0 heteroatoms. The Bertz CT molecular complexity index is 309. The van der Waals surface area contributed by atoms with Crippen molar-refractivity contribution in [1.82, 2.24) is 0 Å². The average molecular weight is 246 g/mol. The summed E-state index contributed by atoms with van der Waals surface area (Å²) in [6.45, 7) is 23.5. The summed E-state index contributed by atoms with van der Waals surface area (Å²) in [5.41, 5.74) is 3.04. The second-order valence-corrected chi connectivity index (χ2v) is 3.01. The summed E-state index contributed by atoms with van der Waals surface area (Å²) >= 11 is 0. The molecule has 0 amide bonds. The van der Waals surface area contributed by atoms with Crippen molar-refractivity contribution in [3.05, 3.63) is 72.9 Å². The summed E-state index contributed by atoms with van der Waals surface area (Å²) in [4.78, 5) is 0. The van der Waals surface area contributed by atoms with Gasteiger partial charge in [0.25, 0.3) is 0 Å². The highest BCUT2D eigenvalue weighted by atomic mass is 13.9. The topological polar surface area (TPSA) is 0 Å². The van der Waals surface area contributed by atoms with Gasteiger partial charge in [-0.3, -0.25) is 0 Å². The molecule has 0 N–H and O–H groups in total. The van der Waals surface area contributed by atoms with Crippen molar-refractivity contribution in [2.45, 2.75) is 41.5 Å². The summed E-state index contributed by atoms with van der Waals surface area (Å²) in [5, 5.41) is 0. The maximum absolute atomic E-state index is 3.91. The van der Waals surface area contributed by atoms with Crippen molar-refractivity contribution in [1.29, 1.82) is 0 Å². The zero-order valence-electron chi connectivity index (χ0n) is 13.1. The molecular formula is C18H30. The van der Waals surface area contributed by atoms with Gasteiger partial charge in [-0.2, -0.15) is 0 Å². The van der Waals surface area contributed by atoms with E-state index in [0.29, 0.717) is 0 Å². The third-order valence-corrected chi connectivity index (χ3v) is 1.85. The monoisotopic (exact) mass is 246 g/mol. The van der Waals surface area contributed by atoms with Gasteiger partial charge in [-0.05, 0) is 25.0 Å². The third-order valence-electron chi connectivity index (χ3n) is 1.85. The fourth-order valence-corrected chi connectivity index (χ4v) is 0.727. The molecule has 0 unspecified atom stereocenters. The fraction of sp³-hybridized carbons (Fsp3) is 0.333. The van der Waals surface area contributed by atoms with Gasteiger partial charge in [-0.1, -0.05) is 89.5 Å². The molecule has 0 saturated heterocycles. The van der Waals surface area contributed by atoms with Gasteiger partial charge in [0.15, 0.2) is 0 Å². The first-order valence-corrected chi connectivity index (χ1v) is 6.60. The van der Waals surface area contributed by atoms with E-state index >= 15 is 0 Å². The molecule has 0 aromatic rings. The molecule has 0 bridgehead atoms. The molecule has 0 fully saturated rings. The number of allylic oxidation sites excluding steroid dienone is 9. The van der Waals surface area contributed by atoms with Gasteiger partial charge >= 0.3 is 0 Å². The van der Waals surface area contributed by atoms with Crippen molar-refractivity contribution in [3.8, 4) is 0 Å². The van der Waals surface area contributed by atoms with Gasteiger partial charge in [0, 0.05) is 0 Å². The lowest BCUT2D eigenvalue weighted by atomic mass is 10.1. The van der Waals surface area contributed by atoms with Gasteiger partial charge in [0.05, 0.1) is 0 Å². The molecule has 0 aromatic carbocycles. The molecule has 102 valence electrons. The van der Waals surface area contributed by atoms with Crippen LogP contribution in [0, 0.1) is 0 Å². The minimum Gasteiger partial charge on any atom is -0.0991 e. The number of hydrogen-bond donors (Lipinski definition) is 0. The van der Waals surface area contributed by atoms with E-state index < -0.39 is 0 Å². The normalized spacial score (nSPS) is 10.2. The molecule has 0 nitrogen and oxygen atoms in total. The van der Waals surface area contributed by atoms with Crippen molar-refractivity contribution < 1.29 is 0 Å². The molecule has 0 saturated carbocycles. The predicted molar refractivity (Wildman–Crippen MR) is 88.9 cm³/mol. The van der Waals surface area contributed by atoms with Crippen LogP contribution in [0.1, 0.15) is 41.5 Å². The van der Waals surface area contributed by atoms with E-state index in [0.717, 1.165) is 11.1 Å². The van der Waals surface area contributed by atoms with E-state index in [2.05, 4.69) is 19.7 Å². The molecule has 0 spiro atoms. The first-order chi connectivity index (χ1) is 8.61. The molecule has 0 rings (SSSR count). The Labute approximate surface area is 115 Å². The molecular weight excluding hydrogens is 216 g/mol. The molecule has 0 heterocycles. The highest BCUT2D eigenvalue weighted by Crippen LogP contribution is 2.09. The summed E-state index contributed by atoms with van der Waals surface area (Å²) in [6.07, 6.45) is 11.5. The second kappa shape index (κ2) is 17.8. The minimum atomic E-state index is 0.907. The Hall–Kier alpha value is -1.56. The lowest BCUT2D eigenvalue weighted by Crippen LogP contribution is -1.78. The van der Waals surface area contributed by atoms with Crippen molar-refractivity contribution in [2.24, 2.45) is 0 Å². The minimum absolute atomic E-state index is 0.907. The van der Waals surface area contributed by atoms with E-state index in [1.807, 2.05) is 71.9 Å². The van der Waals surface area contributed by atoms with Gasteiger partial charge in [-0.25, -0.2) is 0 Å². The van der Waals surface area contributed by atoms with Crippen molar-refractivity contribution in [2.75, 3.05) is 0 Å². The van der Waals surface area contributed by atoms with Crippen molar-refractivity contribution in [3.63, 3.8) is 0 Å². The average Bonchev–Trinajstić information content (AvgIpc) is 2.45. The second-order valence-electron chi connectivity index (χ2n) is 3.01. The van der Waals surface area contributed by atoms with E-state index in [1.165, 1.54) is 5.57 Å². The summed E-state index contributed by atoms with van der Waals surface area (Å²) in [7, 11) is 0. The van der Waals surface area contributed by atoms with Crippen LogP contribution in [0.15, 0.2) is 72.9 Å². The molecule has 0 aliphatic rings. The molecule has 0 aliphatic heterocycles. The maximum atomic E-state index is 3.91. The molecule has 0 aromatic heterocycles. The van der Waals surface area contributed by atoms with Gasteiger partial charge < -0.3 is 0 Å². The zero-order chi connectivity index (χ0) is 15.0. The smallest absolute Gasteiger partial charge is 0.0262 e. The van der Waals surface area contributed by atoms with Gasteiger partial charge in [0.1, 0.15) is 0 Å². The zero-order valence-corrected chi connectivity index (χ0v) is 13.1. The summed E-state index contributed by atoms with van der Waals surface area (Å²) < 4.78 is 0. The first kappa shape index (κ1) is 21.7. The Morgan fingerprint density at radius 3 is 1.67 bits per heavy atom. The maximum Gasteiger partial charge on any atom is -0.0262 e. The predicted octanol–water partition coefficient (Wildman–Crippen LogP) is 6.42. The van der Waals surface area contributed by atoms with Crippen LogP contribution in [0.4, 0.5) is 0 Å². The van der Waals surface area contributed by atoms with Crippen LogP contribution in [0.3, 0.4) is 0 Å². The fourth-order valence-electron chi connectivity index (χ4n) is 0.727. The van der Waals surface area contributed by atoms with Crippen LogP contribution in [0.2, 0.25) is 0 Å². The van der Waals surface area contributed by atoms with Gasteiger partial charge in [0.2, 0.25) is 0 Å².